The molecule has 2 heterocycles. The van der Waals surface area contributed by atoms with E-state index in [1.165, 1.54) is 4.68 Å². The highest BCUT2D eigenvalue weighted by atomic mass is 16.5. The van der Waals surface area contributed by atoms with E-state index in [9.17, 15) is 9.59 Å². The number of rotatable bonds is 5. The molecule has 3 aromatic rings. The lowest BCUT2D eigenvalue weighted by Gasteiger charge is -2.20. The average Bonchev–Trinajstić information content (AvgIpc) is 3.08. The molecule has 0 saturated heterocycles. The Morgan fingerprint density at radius 3 is 2.50 bits per heavy atom. The van der Waals surface area contributed by atoms with Gasteiger partial charge >= 0.3 is 0 Å². The summed E-state index contributed by atoms with van der Waals surface area (Å²) in [4.78, 5) is 25.4. The molecule has 1 amide bonds. The minimum absolute atomic E-state index is 0.182. The van der Waals surface area contributed by atoms with Gasteiger partial charge < -0.3 is 10.1 Å². The topological polar surface area (TPSA) is 91.0 Å². The van der Waals surface area contributed by atoms with Crippen molar-refractivity contribution in [3.63, 3.8) is 0 Å². The fourth-order valence-corrected chi connectivity index (χ4v) is 2.98. The number of amides is 1. The van der Waals surface area contributed by atoms with Crippen molar-refractivity contribution < 1.29 is 9.53 Å². The minimum Gasteiger partial charge on any atom is -0.494 e. The maximum atomic E-state index is 13.0. The molecule has 0 aliphatic carbocycles. The Balaban J connectivity index is 1.86. The lowest BCUT2D eigenvalue weighted by Crippen LogP contribution is -2.33. The van der Waals surface area contributed by atoms with Crippen molar-refractivity contribution in [2.45, 2.75) is 46.7 Å². The lowest BCUT2D eigenvalue weighted by atomic mass is 10.1. The van der Waals surface area contributed by atoms with E-state index in [1.807, 2.05) is 27.7 Å². The van der Waals surface area contributed by atoms with Gasteiger partial charge in [0.05, 0.1) is 24.0 Å². The SMILES string of the molecule is CCOc1ccc(NC(=O)Cn2nc(C)c3cnn(C(C)(C)C)c3c2=O)cc1. The highest BCUT2D eigenvalue weighted by Gasteiger charge is 2.22. The monoisotopic (exact) mass is 383 g/mol. The molecular formula is C20H25N5O3. The average molecular weight is 383 g/mol. The molecule has 0 atom stereocenters. The molecule has 148 valence electrons. The second-order valence-electron chi connectivity index (χ2n) is 7.54. The van der Waals surface area contributed by atoms with Crippen LogP contribution in [0.1, 0.15) is 33.4 Å². The standard InChI is InChI=1S/C20H25N5O3/c1-6-28-15-9-7-14(8-10-15)22-17(26)12-24-19(27)18-16(13(2)23-24)11-21-25(18)20(3,4)5/h7-11H,6,12H2,1-5H3,(H,22,26). The van der Waals surface area contributed by atoms with E-state index in [0.717, 1.165) is 5.75 Å². The maximum absolute atomic E-state index is 13.0. The zero-order chi connectivity index (χ0) is 20.5. The number of nitrogens with one attached hydrogen (secondary N) is 1. The highest BCUT2D eigenvalue weighted by molar-refractivity contribution is 5.90. The van der Waals surface area contributed by atoms with E-state index in [1.54, 1.807) is 42.1 Å². The molecule has 0 bridgehead atoms. The molecule has 1 N–H and O–H groups in total. The molecule has 2 aromatic heterocycles. The van der Waals surface area contributed by atoms with Crippen LogP contribution in [0.4, 0.5) is 5.69 Å². The zero-order valence-corrected chi connectivity index (χ0v) is 16.8. The van der Waals surface area contributed by atoms with Crippen LogP contribution in [0.25, 0.3) is 10.9 Å². The summed E-state index contributed by atoms with van der Waals surface area (Å²) in [5, 5.41) is 12.1. The predicted molar refractivity (Wildman–Crippen MR) is 108 cm³/mol. The second kappa shape index (κ2) is 7.46. The van der Waals surface area contributed by atoms with Crippen molar-refractivity contribution in [2.24, 2.45) is 0 Å². The lowest BCUT2D eigenvalue weighted by molar-refractivity contribution is -0.117. The first-order valence-corrected chi connectivity index (χ1v) is 9.19. The van der Waals surface area contributed by atoms with Gasteiger partial charge in [-0.1, -0.05) is 0 Å². The number of carbonyl (C=O) groups is 1. The van der Waals surface area contributed by atoms with E-state index in [4.69, 9.17) is 4.74 Å². The molecule has 1 aromatic carbocycles. The summed E-state index contributed by atoms with van der Waals surface area (Å²) in [6.07, 6.45) is 1.65. The smallest absolute Gasteiger partial charge is 0.293 e. The van der Waals surface area contributed by atoms with Crippen LogP contribution in [0.3, 0.4) is 0 Å². The number of ether oxygens (including phenoxy) is 1. The fourth-order valence-electron chi connectivity index (χ4n) is 2.98. The molecule has 0 saturated carbocycles. The van der Waals surface area contributed by atoms with Crippen LogP contribution in [0, 0.1) is 6.92 Å². The number of nitrogens with zero attached hydrogens (tertiary/aromatic N) is 4. The molecular weight excluding hydrogens is 358 g/mol. The van der Waals surface area contributed by atoms with E-state index >= 15 is 0 Å². The third-order valence-electron chi connectivity index (χ3n) is 4.24. The first-order chi connectivity index (χ1) is 13.2. The van der Waals surface area contributed by atoms with Crippen LogP contribution in [0.2, 0.25) is 0 Å². The number of hydrogen-bond acceptors (Lipinski definition) is 5. The Labute approximate surface area is 163 Å². The highest BCUT2D eigenvalue weighted by Crippen LogP contribution is 2.20. The molecule has 0 unspecified atom stereocenters. The fraction of sp³-hybridized carbons (Fsp3) is 0.400. The predicted octanol–water partition coefficient (Wildman–Crippen LogP) is 2.69. The number of anilines is 1. The van der Waals surface area contributed by atoms with Gasteiger partial charge in [0, 0.05) is 11.1 Å². The van der Waals surface area contributed by atoms with Gasteiger partial charge in [-0.2, -0.15) is 10.2 Å². The van der Waals surface area contributed by atoms with Gasteiger partial charge in [0.25, 0.3) is 5.56 Å². The van der Waals surface area contributed by atoms with E-state index in [0.29, 0.717) is 28.9 Å². The summed E-state index contributed by atoms with van der Waals surface area (Å²) < 4.78 is 8.25. The number of fused-ring (bicyclic) bond motifs is 1. The minimum atomic E-state index is -0.364. The summed E-state index contributed by atoms with van der Waals surface area (Å²) >= 11 is 0. The van der Waals surface area contributed by atoms with Gasteiger partial charge in [0.2, 0.25) is 5.91 Å². The van der Waals surface area contributed by atoms with Crippen molar-refractivity contribution in [1.29, 1.82) is 0 Å². The largest absolute Gasteiger partial charge is 0.494 e. The Hall–Kier alpha value is -3.16. The molecule has 3 rings (SSSR count). The van der Waals surface area contributed by atoms with Crippen LogP contribution < -0.4 is 15.6 Å². The quantitative estimate of drug-likeness (QED) is 0.731. The van der Waals surface area contributed by atoms with Crippen LogP contribution >= 0.6 is 0 Å². The van der Waals surface area contributed by atoms with Gasteiger partial charge in [-0.25, -0.2) is 4.68 Å². The number of aryl methyl sites for hydroxylation is 1. The van der Waals surface area contributed by atoms with Gasteiger partial charge in [-0.15, -0.1) is 0 Å². The van der Waals surface area contributed by atoms with Crippen molar-refractivity contribution >= 4 is 22.5 Å². The molecule has 0 aliphatic heterocycles. The molecule has 0 radical (unpaired) electrons. The van der Waals surface area contributed by atoms with Crippen LogP contribution in [-0.2, 0) is 16.9 Å². The third-order valence-corrected chi connectivity index (χ3v) is 4.24. The molecule has 0 fully saturated rings. The molecule has 0 spiro atoms. The first kappa shape index (κ1) is 19.6. The second-order valence-corrected chi connectivity index (χ2v) is 7.54. The van der Waals surface area contributed by atoms with Crippen LogP contribution in [0.15, 0.2) is 35.3 Å². The van der Waals surface area contributed by atoms with Crippen molar-refractivity contribution in [1.82, 2.24) is 19.6 Å². The molecule has 0 aliphatic rings. The van der Waals surface area contributed by atoms with Crippen LogP contribution in [-0.4, -0.2) is 32.1 Å². The Kier molecular flexibility index (Phi) is 5.22. The van der Waals surface area contributed by atoms with Crippen molar-refractivity contribution in [3.8, 4) is 5.75 Å². The van der Waals surface area contributed by atoms with Gasteiger partial charge in [0.15, 0.2) is 0 Å². The van der Waals surface area contributed by atoms with Gasteiger partial charge in [-0.05, 0) is 58.9 Å². The number of hydrogen-bond donors (Lipinski definition) is 1. The summed E-state index contributed by atoms with van der Waals surface area (Å²) in [6.45, 7) is 10.0. The normalized spacial score (nSPS) is 11.6. The summed E-state index contributed by atoms with van der Waals surface area (Å²) in [5.74, 6) is 0.397. The number of carbonyl (C=O) groups excluding carboxylic acids is 1. The van der Waals surface area contributed by atoms with E-state index in [-0.39, 0.29) is 23.6 Å². The summed E-state index contributed by atoms with van der Waals surface area (Å²) in [7, 11) is 0. The van der Waals surface area contributed by atoms with Crippen LogP contribution in [0.5, 0.6) is 5.75 Å². The first-order valence-electron chi connectivity index (χ1n) is 9.19. The summed E-state index contributed by atoms with van der Waals surface area (Å²) in [5.41, 5.74) is 1.03. The van der Waals surface area contributed by atoms with E-state index in [2.05, 4.69) is 15.5 Å². The zero-order valence-electron chi connectivity index (χ0n) is 16.8. The molecule has 28 heavy (non-hydrogen) atoms. The molecule has 8 nitrogen and oxygen atoms in total. The maximum Gasteiger partial charge on any atom is 0.293 e. The summed E-state index contributed by atoms with van der Waals surface area (Å²) in [6, 6.07) is 7.06. The Morgan fingerprint density at radius 1 is 1.21 bits per heavy atom. The Morgan fingerprint density at radius 2 is 1.89 bits per heavy atom. The van der Waals surface area contributed by atoms with Crippen molar-refractivity contribution in [3.05, 3.63) is 46.5 Å². The number of benzene rings is 1. The van der Waals surface area contributed by atoms with Gasteiger partial charge in [0.1, 0.15) is 17.8 Å². The van der Waals surface area contributed by atoms with Crippen molar-refractivity contribution in [2.75, 3.05) is 11.9 Å². The molecule has 8 heteroatoms. The number of aromatic nitrogens is 4. The van der Waals surface area contributed by atoms with E-state index < -0.39 is 0 Å². The Bertz CT molecular complexity index is 1060. The third kappa shape index (κ3) is 3.90. The van der Waals surface area contributed by atoms with Gasteiger partial charge in [-0.3, -0.25) is 14.3 Å².